The van der Waals surface area contributed by atoms with Gasteiger partial charge in [-0.2, -0.15) is 0 Å². The number of unbranched alkanes of at least 4 members (excludes halogenated alkanes) is 1. The fourth-order valence-electron chi connectivity index (χ4n) is 1.84. The first-order valence-corrected chi connectivity index (χ1v) is 7.52. The summed E-state index contributed by atoms with van der Waals surface area (Å²) < 4.78 is 4.78. The van der Waals surface area contributed by atoms with Crippen molar-refractivity contribution in [1.29, 1.82) is 0 Å². The highest BCUT2D eigenvalue weighted by atomic mass is 16.5. The van der Waals surface area contributed by atoms with E-state index in [1.165, 1.54) is 12.8 Å². The molecule has 2 aromatic carbocycles. The molecule has 1 unspecified atom stereocenters. The number of aliphatic hydroxyl groups is 1. The highest BCUT2D eigenvalue weighted by Gasteiger charge is 2.18. The largest absolute Gasteiger partial charge is 0.385 e. The summed E-state index contributed by atoms with van der Waals surface area (Å²) in [6.07, 6.45) is 1.34. The number of ether oxygens (including phenoxy) is 1. The van der Waals surface area contributed by atoms with Crippen LogP contribution in [0.5, 0.6) is 0 Å². The normalized spacial score (nSPS) is 11.2. The molecule has 2 rings (SSSR count). The zero-order valence-corrected chi connectivity index (χ0v) is 13.2. The smallest absolute Gasteiger partial charge is 0.195 e. The van der Waals surface area contributed by atoms with E-state index in [4.69, 9.17) is 4.74 Å². The number of rotatable bonds is 6. The molecular weight excluding hydrogens is 276 g/mol. The average molecular weight is 300 g/mol. The highest BCUT2D eigenvalue weighted by Crippen LogP contribution is 2.17. The number of hydrogen-bond acceptors (Lipinski definition) is 3. The first-order valence-electron chi connectivity index (χ1n) is 7.52. The van der Waals surface area contributed by atoms with Crippen LogP contribution in [0.1, 0.15) is 41.8 Å². The van der Waals surface area contributed by atoms with Gasteiger partial charge in [0, 0.05) is 19.3 Å². The zero-order chi connectivity index (χ0) is 16.2. The van der Waals surface area contributed by atoms with Gasteiger partial charge < -0.3 is 9.84 Å². The molecule has 0 heterocycles. The van der Waals surface area contributed by atoms with E-state index in [-0.39, 0.29) is 5.78 Å². The summed E-state index contributed by atoms with van der Waals surface area (Å²) in [4.78, 5) is 11.9. The summed E-state index contributed by atoms with van der Waals surface area (Å²) >= 11 is 0. The topological polar surface area (TPSA) is 46.5 Å². The third kappa shape index (κ3) is 6.20. The molecule has 0 saturated heterocycles. The summed E-state index contributed by atoms with van der Waals surface area (Å²) in [6.45, 7) is 3.07. The molecule has 1 N–H and O–H groups in total. The fourth-order valence-corrected chi connectivity index (χ4v) is 1.84. The van der Waals surface area contributed by atoms with Crippen LogP contribution in [0, 0.1) is 0 Å². The maximum absolute atomic E-state index is 11.9. The lowest BCUT2D eigenvalue weighted by Crippen LogP contribution is -2.11. The molecule has 1 atom stereocenters. The SMILES string of the molecule is CCCCOC.O=C(c1ccccc1)C(O)c1ccccc1. The van der Waals surface area contributed by atoms with Crippen LogP contribution in [0.4, 0.5) is 0 Å². The molecule has 2 aromatic rings. The van der Waals surface area contributed by atoms with E-state index in [1.54, 1.807) is 55.6 Å². The van der Waals surface area contributed by atoms with Crippen molar-refractivity contribution in [2.45, 2.75) is 25.9 Å². The molecule has 0 spiro atoms. The van der Waals surface area contributed by atoms with Gasteiger partial charge in [-0.1, -0.05) is 74.0 Å². The summed E-state index contributed by atoms with van der Waals surface area (Å²) in [5.41, 5.74) is 1.15. The van der Waals surface area contributed by atoms with Gasteiger partial charge in [0.15, 0.2) is 5.78 Å². The highest BCUT2D eigenvalue weighted by molar-refractivity contribution is 5.99. The number of aliphatic hydroxyl groups excluding tert-OH is 1. The van der Waals surface area contributed by atoms with Crippen molar-refractivity contribution in [1.82, 2.24) is 0 Å². The van der Waals surface area contributed by atoms with Crippen LogP contribution in [0.25, 0.3) is 0 Å². The van der Waals surface area contributed by atoms with Gasteiger partial charge in [-0.3, -0.25) is 4.79 Å². The predicted molar refractivity (Wildman–Crippen MR) is 89.0 cm³/mol. The van der Waals surface area contributed by atoms with Crippen molar-refractivity contribution in [3.05, 3.63) is 71.8 Å². The monoisotopic (exact) mass is 300 g/mol. The average Bonchev–Trinajstić information content (AvgIpc) is 2.60. The quantitative estimate of drug-likeness (QED) is 0.647. The van der Waals surface area contributed by atoms with Gasteiger partial charge >= 0.3 is 0 Å². The van der Waals surface area contributed by atoms with Gasteiger partial charge in [0.25, 0.3) is 0 Å². The van der Waals surface area contributed by atoms with Crippen LogP contribution in [-0.2, 0) is 4.74 Å². The Morgan fingerprint density at radius 2 is 1.59 bits per heavy atom. The third-order valence-corrected chi connectivity index (χ3v) is 3.12. The predicted octanol–water partition coefficient (Wildman–Crippen LogP) is 4.04. The molecule has 0 radical (unpaired) electrons. The van der Waals surface area contributed by atoms with Gasteiger partial charge in [-0.15, -0.1) is 0 Å². The van der Waals surface area contributed by atoms with E-state index < -0.39 is 6.10 Å². The molecule has 0 aliphatic carbocycles. The molecule has 0 aromatic heterocycles. The van der Waals surface area contributed by atoms with Crippen molar-refractivity contribution >= 4 is 5.78 Å². The Morgan fingerprint density at radius 1 is 1.05 bits per heavy atom. The number of carbonyl (C=O) groups excluding carboxylic acids is 1. The van der Waals surface area contributed by atoms with E-state index in [1.807, 2.05) is 12.1 Å². The maximum atomic E-state index is 11.9. The molecule has 0 aliphatic rings. The van der Waals surface area contributed by atoms with E-state index in [2.05, 4.69) is 6.92 Å². The summed E-state index contributed by atoms with van der Waals surface area (Å²) in [6, 6.07) is 17.7. The van der Waals surface area contributed by atoms with Crippen LogP contribution < -0.4 is 0 Å². The van der Waals surface area contributed by atoms with Gasteiger partial charge in [-0.25, -0.2) is 0 Å². The summed E-state index contributed by atoms with van der Waals surface area (Å²) in [5, 5.41) is 9.89. The molecule has 3 nitrogen and oxygen atoms in total. The van der Waals surface area contributed by atoms with Gasteiger partial charge in [0.05, 0.1) is 0 Å². The zero-order valence-electron chi connectivity index (χ0n) is 13.2. The minimum atomic E-state index is -1.08. The first kappa shape index (κ1) is 18.1. The van der Waals surface area contributed by atoms with Crippen molar-refractivity contribution in [2.75, 3.05) is 13.7 Å². The lowest BCUT2D eigenvalue weighted by Gasteiger charge is -2.09. The number of methoxy groups -OCH3 is 1. The van der Waals surface area contributed by atoms with Crippen molar-refractivity contribution in [3.8, 4) is 0 Å². The van der Waals surface area contributed by atoms with E-state index in [0.29, 0.717) is 11.1 Å². The Labute approximate surface area is 132 Å². The number of carbonyl (C=O) groups is 1. The fraction of sp³-hybridized carbons (Fsp3) is 0.316. The lowest BCUT2D eigenvalue weighted by molar-refractivity contribution is 0.0747. The second-order valence-corrected chi connectivity index (χ2v) is 4.89. The third-order valence-electron chi connectivity index (χ3n) is 3.12. The molecule has 0 bridgehead atoms. The Balaban J connectivity index is 0.000000346. The van der Waals surface area contributed by atoms with Crippen LogP contribution in [-0.4, -0.2) is 24.6 Å². The molecule has 0 aliphatic heterocycles. The van der Waals surface area contributed by atoms with Gasteiger partial charge in [0.1, 0.15) is 6.10 Å². The molecule has 0 amide bonds. The molecular formula is C19H24O3. The number of Topliss-reactive ketones (excluding diaryl/α,β-unsaturated/α-hetero) is 1. The van der Waals surface area contributed by atoms with Crippen molar-refractivity contribution in [2.24, 2.45) is 0 Å². The van der Waals surface area contributed by atoms with Crippen LogP contribution >= 0.6 is 0 Å². The molecule has 0 saturated carbocycles. The lowest BCUT2D eigenvalue weighted by atomic mass is 10.0. The Morgan fingerprint density at radius 3 is 2.05 bits per heavy atom. The Bertz CT molecular complexity index is 519. The van der Waals surface area contributed by atoms with Crippen LogP contribution in [0.2, 0.25) is 0 Å². The van der Waals surface area contributed by atoms with Crippen LogP contribution in [0.15, 0.2) is 60.7 Å². The summed E-state index contributed by atoms with van der Waals surface area (Å²) in [7, 11) is 1.73. The van der Waals surface area contributed by atoms with Gasteiger partial charge in [-0.05, 0) is 12.0 Å². The number of hydrogen-bond donors (Lipinski definition) is 1. The van der Waals surface area contributed by atoms with E-state index >= 15 is 0 Å². The first-order chi connectivity index (χ1) is 10.7. The molecule has 22 heavy (non-hydrogen) atoms. The minimum absolute atomic E-state index is 0.271. The second kappa shape index (κ2) is 10.7. The van der Waals surface area contributed by atoms with Crippen molar-refractivity contribution < 1.29 is 14.6 Å². The van der Waals surface area contributed by atoms with Crippen LogP contribution in [0.3, 0.4) is 0 Å². The second-order valence-electron chi connectivity index (χ2n) is 4.89. The molecule has 118 valence electrons. The Kier molecular flexibility index (Phi) is 8.80. The minimum Gasteiger partial charge on any atom is -0.385 e. The van der Waals surface area contributed by atoms with Crippen molar-refractivity contribution in [3.63, 3.8) is 0 Å². The summed E-state index contributed by atoms with van der Waals surface area (Å²) in [5.74, 6) is -0.271. The molecule has 3 heteroatoms. The standard InChI is InChI=1S/C14H12O2.C5H12O/c15-13(11-7-3-1-4-8-11)14(16)12-9-5-2-6-10-12;1-3-4-5-6-2/h1-10,13,15H;3-5H2,1-2H3. The number of ketones is 1. The van der Waals surface area contributed by atoms with E-state index in [0.717, 1.165) is 6.61 Å². The molecule has 0 fully saturated rings. The van der Waals surface area contributed by atoms with E-state index in [9.17, 15) is 9.90 Å². The maximum Gasteiger partial charge on any atom is 0.195 e. The van der Waals surface area contributed by atoms with Gasteiger partial charge in [0.2, 0.25) is 0 Å². The Hall–Kier alpha value is -1.97. The number of benzene rings is 2.